The van der Waals surface area contributed by atoms with Crippen LogP contribution < -0.4 is 5.32 Å². The number of nitrogens with one attached hydrogen (secondary N) is 1. The lowest BCUT2D eigenvalue weighted by Crippen LogP contribution is -1.99. The smallest absolute Gasteiger partial charge is 0.129 e. The molecule has 0 bridgehead atoms. The van der Waals surface area contributed by atoms with Crippen LogP contribution >= 0.6 is 15.9 Å². The topological polar surface area (TPSA) is 58.3 Å². The van der Waals surface area contributed by atoms with Crippen LogP contribution in [-0.4, -0.2) is 10.1 Å². The molecule has 2 aromatic heterocycles. The summed E-state index contributed by atoms with van der Waals surface area (Å²) in [6.45, 7) is 0.487. The molecule has 84 valence electrons. The number of furan rings is 1. The van der Waals surface area contributed by atoms with Gasteiger partial charge in [0, 0.05) is 6.20 Å². The molecule has 4 nitrogen and oxygen atoms in total. The monoisotopic (exact) mass is 282 g/mol. The van der Waals surface area contributed by atoms with Gasteiger partial charge in [-0.15, -0.1) is 0 Å². The number of pyridine rings is 1. The Labute approximate surface area is 101 Å². The third-order valence-electron chi connectivity index (χ3n) is 2.09. The molecule has 0 amide bonds. The lowest BCUT2D eigenvalue weighted by molar-refractivity contribution is 0.244. The van der Waals surface area contributed by atoms with Crippen LogP contribution in [0.15, 0.2) is 39.5 Å². The predicted molar refractivity (Wildman–Crippen MR) is 63.9 cm³/mol. The first-order valence-corrected chi connectivity index (χ1v) is 5.61. The fourth-order valence-electron chi connectivity index (χ4n) is 1.30. The first-order valence-electron chi connectivity index (χ1n) is 4.82. The van der Waals surface area contributed by atoms with Gasteiger partial charge in [-0.3, -0.25) is 0 Å². The van der Waals surface area contributed by atoms with Gasteiger partial charge in [0.1, 0.15) is 22.7 Å². The van der Waals surface area contributed by atoms with Crippen LogP contribution in [0.2, 0.25) is 0 Å². The summed E-state index contributed by atoms with van der Waals surface area (Å²) in [6, 6.07) is 7.37. The van der Waals surface area contributed by atoms with E-state index >= 15 is 0 Å². The second-order valence-corrected chi connectivity index (χ2v) is 3.97. The van der Waals surface area contributed by atoms with Crippen molar-refractivity contribution in [1.29, 1.82) is 0 Å². The molecule has 0 saturated carbocycles. The largest absolute Gasteiger partial charge is 0.462 e. The summed E-state index contributed by atoms with van der Waals surface area (Å²) in [6.07, 6.45) is 1.71. The Kier molecular flexibility index (Phi) is 3.58. The van der Waals surface area contributed by atoms with Gasteiger partial charge in [0.25, 0.3) is 0 Å². The van der Waals surface area contributed by atoms with Gasteiger partial charge in [-0.1, -0.05) is 0 Å². The molecule has 2 aromatic rings. The van der Waals surface area contributed by atoms with Crippen LogP contribution in [0.1, 0.15) is 11.5 Å². The molecule has 2 N–H and O–H groups in total. The zero-order chi connectivity index (χ0) is 11.4. The molecular weight excluding hydrogens is 272 g/mol. The van der Waals surface area contributed by atoms with Crippen molar-refractivity contribution in [1.82, 2.24) is 4.98 Å². The molecule has 0 radical (unpaired) electrons. The third-order valence-corrected chi connectivity index (χ3v) is 2.72. The normalized spacial score (nSPS) is 10.4. The zero-order valence-corrected chi connectivity index (χ0v) is 10.1. The highest BCUT2D eigenvalue weighted by molar-refractivity contribution is 9.10. The summed E-state index contributed by atoms with van der Waals surface area (Å²) < 4.78 is 6.11. The zero-order valence-electron chi connectivity index (χ0n) is 8.48. The third kappa shape index (κ3) is 2.62. The Bertz CT molecular complexity index is 471. The highest BCUT2D eigenvalue weighted by Gasteiger charge is 2.02. The maximum Gasteiger partial charge on any atom is 0.129 e. The first-order chi connectivity index (χ1) is 7.79. The number of anilines is 1. The maximum absolute atomic E-state index is 8.85. The Morgan fingerprint density at radius 2 is 2.12 bits per heavy atom. The lowest BCUT2D eigenvalue weighted by Gasteiger charge is -2.05. The number of aliphatic hydroxyl groups excluding tert-OH is 1. The van der Waals surface area contributed by atoms with E-state index in [9.17, 15) is 0 Å². The molecule has 2 rings (SSSR count). The number of hydrogen-bond donors (Lipinski definition) is 2. The highest BCUT2D eigenvalue weighted by atomic mass is 79.9. The van der Waals surface area contributed by atoms with E-state index in [0.717, 1.165) is 16.1 Å². The minimum atomic E-state index is -0.0728. The van der Waals surface area contributed by atoms with Crippen molar-refractivity contribution in [2.24, 2.45) is 0 Å². The molecule has 0 atom stereocenters. The fraction of sp³-hybridized carbons (Fsp3) is 0.182. The molecule has 0 fully saturated rings. The minimum Gasteiger partial charge on any atom is -0.462 e. The summed E-state index contributed by atoms with van der Waals surface area (Å²) in [7, 11) is 0. The van der Waals surface area contributed by atoms with Crippen molar-refractivity contribution in [2.45, 2.75) is 13.2 Å². The number of hydrogen-bond acceptors (Lipinski definition) is 4. The molecule has 0 aliphatic heterocycles. The van der Waals surface area contributed by atoms with Crippen LogP contribution in [-0.2, 0) is 13.2 Å². The van der Waals surface area contributed by atoms with Gasteiger partial charge in [0.15, 0.2) is 0 Å². The van der Waals surface area contributed by atoms with E-state index in [1.54, 1.807) is 12.3 Å². The molecule has 0 aliphatic rings. The number of halogens is 1. The molecule has 0 unspecified atom stereocenters. The Hall–Kier alpha value is -1.33. The average molecular weight is 283 g/mol. The maximum atomic E-state index is 8.85. The van der Waals surface area contributed by atoms with Crippen LogP contribution in [0.3, 0.4) is 0 Å². The van der Waals surface area contributed by atoms with Gasteiger partial charge in [-0.2, -0.15) is 0 Å². The summed E-state index contributed by atoms with van der Waals surface area (Å²) in [5.41, 5.74) is 0.907. The summed E-state index contributed by atoms with van der Waals surface area (Å²) in [5, 5.41) is 12.0. The van der Waals surface area contributed by atoms with Gasteiger partial charge in [-0.25, -0.2) is 4.98 Å². The Balaban J connectivity index is 1.99. The van der Waals surface area contributed by atoms with Crippen molar-refractivity contribution in [2.75, 3.05) is 5.32 Å². The summed E-state index contributed by atoms with van der Waals surface area (Å²) in [5.74, 6) is 1.35. The molecule has 0 aromatic carbocycles. The van der Waals surface area contributed by atoms with Crippen LogP contribution in [0.5, 0.6) is 0 Å². The van der Waals surface area contributed by atoms with E-state index in [-0.39, 0.29) is 6.61 Å². The first kappa shape index (κ1) is 11.2. The van der Waals surface area contributed by atoms with Gasteiger partial charge < -0.3 is 14.8 Å². The van der Waals surface area contributed by atoms with Crippen molar-refractivity contribution < 1.29 is 9.52 Å². The fourth-order valence-corrected chi connectivity index (χ4v) is 1.69. The van der Waals surface area contributed by atoms with E-state index in [2.05, 4.69) is 26.2 Å². The molecule has 0 saturated heterocycles. The van der Waals surface area contributed by atoms with E-state index in [4.69, 9.17) is 9.52 Å². The second kappa shape index (κ2) is 5.14. The number of aromatic nitrogens is 1. The van der Waals surface area contributed by atoms with Crippen molar-refractivity contribution in [3.05, 3.63) is 46.6 Å². The molecule has 5 heteroatoms. The summed E-state index contributed by atoms with van der Waals surface area (Å²) in [4.78, 5) is 4.10. The van der Waals surface area contributed by atoms with Crippen LogP contribution in [0, 0.1) is 0 Å². The summed E-state index contributed by atoms with van der Waals surface area (Å²) >= 11 is 3.34. The van der Waals surface area contributed by atoms with E-state index < -0.39 is 0 Å². The predicted octanol–water partition coefficient (Wildman–Crippen LogP) is 2.54. The highest BCUT2D eigenvalue weighted by Crippen LogP contribution is 2.19. The standard InChI is InChI=1S/C11H11BrN2O2/c12-11-10(2-1-5-13-11)14-6-8-3-4-9(7-15)16-8/h1-5,14-15H,6-7H2. The van der Waals surface area contributed by atoms with Crippen LogP contribution in [0.4, 0.5) is 5.69 Å². The molecule has 2 heterocycles. The van der Waals surface area contributed by atoms with Crippen molar-refractivity contribution >= 4 is 21.6 Å². The number of aliphatic hydroxyl groups is 1. The Morgan fingerprint density at radius 1 is 1.31 bits per heavy atom. The Morgan fingerprint density at radius 3 is 2.81 bits per heavy atom. The lowest BCUT2D eigenvalue weighted by atomic mass is 10.4. The van der Waals surface area contributed by atoms with Gasteiger partial charge >= 0.3 is 0 Å². The molecule has 0 aliphatic carbocycles. The van der Waals surface area contributed by atoms with Gasteiger partial charge in [-0.05, 0) is 40.2 Å². The molecular formula is C11H11BrN2O2. The number of rotatable bonds is 4. The average Bonchev–Trinajstić information content (AvgIpc) is 2.76. The molecule has 16 heavy (non-hydrogen) atoms. The van der Waals surface area contributed by atoms with Crippen molar-refractivity contribution in [3.63, 3.8) is 0 Å². The van der Waals surface area contributed by atoms with E-state index in [1.165, 1.54) is 0 Å². The van der Waals surface area contributed by atoms with Crippen molar-refractivity contribution in [3.8, 4) is 0 Å². The van der Waals surface area contributed by atoms with Gasteiger partial charge in [0.05, 0.1) is 12.2 Å². The second-order valence-electron chi connectivity index (χ2n) is 3.22. The van der Waals surface area contributed by atoms with Crippen LogP contribution in [0.25, 0.3) is 0 Å². The quantitative estimate of drug-likeness (QED) is 0.847. The van der Waals surface area contributed by atoms with E-state index in [1.807, 2.05) is 18.2 Å². The number of nitrogens with zero attached hydrogens (tertiary/aromatic N) is 1. The van der Waals surface area contributed by atoms with Gasteiger partial charge in [0.2, 0.25) is 0 Å². The minimum absolute atomic E-state index is 0.0728. The van der Waals surface area contributed by atoms with E-state index in [0.29, 0.717) is 12.3 Å². The molecule has 0 spiro atoms. The SMILES string of the molecule is OCc1ccc(CNc2cccnc2Br)o1.